The Morgan fingerprint density at radius 2 is 1.24 bits per heavy atom. The van der Waals surface area contributed by atoms with Gasteiger partial charge in [0.1, 0.15) is 29.8 Å². The van der Waals surface area contributed by atoms with Gasteiger partial charge in [0, 0.05) is 36.6 Å². The third-order valence-corrected chi connectivity index (χ3v) is 10.3. The van der Waals surface area contributed by atoms with Crippen molar-refractivity contribution in [1.29, 1.82) is 0 Å². The van der Waals surface area contributed by atoms with E-state index in [0.29, 0.717) is 30.3 Å². The first kappa shape index (κ1) is 38.0. The Labute approximate surface area is 313 Å². The van der Waals surface area contributed by atoms with E-state index in [1.807, 2.05) is 68.6 Å². The van der Waals surface area contributed by atoms with Crippen LogP contribution in [0.3, 0.4) is 0 Å². The summed E-state index contributed by atoms with van der Waals surface area (Å²) in [6.45, 7) is 8.19. The van der Waals surface area contributed by atoms with E-state index in [0.717, 1.165) is 40.8 Å². The zero-order valence-electron chi connectivity index (χ0n) is 31.1. The molecule has 4 aromatic rings. The number of aromatic nitrogens is 4. The fourth-order valence-corrected chi connectivity index (χ4v) is 7.33. The molecule has 2 saturated heterocycles. The number of nitrogens with one attached hydrogen (secondary N) is 4. The van der Waals surface area contributed by atoms with E-state index in [1.54, 1.807) is 24.9 Å². The predicted molar refractivity (Wildman–Crippen MR) is 200 cm³/mol. The number of H-pyrrole nitrogens is 2. The number of carbonyl (C=O) groups excluding carboxylic acids is 3. The van der Waals surface area contributed by atoms with Gasteiger partial charge in [0.05, 0.1) is 30.6 Å². The quantitative estimate of drug-likeness (QED) is 0.121. The molecular weight excluding hydrogens is 692 g/mol. The highest BCUT2D eigenvalue weighted by molar-refractivity contribution is 5.87. The van der Waals surface area contributed by atoms with Crippen molar-refractivity contribution >= 4 is 24.0 Å². The highest BCUT2D eigenvalue weighted by atomic mass is 16.5. The van der Waals surface area contributed by atoms with Crippen molar-refractivity contribution < 1.29 is 34.1 Å². The van der Waals surface area contributed by atoms with Gasteiger partial charge in [-0.2, -0.15) is 0 Å². The average molecular weight is 741 g/mol. The van der Waals surface area contributed by atoms with Crippen LogP contribution in [0.15, 0.2) is 60.9 Å². The molecule has 2 aliphatic rings. The second kappa shape index (κ2) is 16.1. The number of hydrogen-bond donors (Lipinski definition) is 6. The number of alkyl carbamates (subject to hydrolysis) is 1. The van der Waals surface area contributed by atoms with Crippen LogP contribution in [0.25, 0.3) is 33.6 Å². The van der Waals surface area contributed by atoms with Crippen LogP contribution in [-0.2, 0) is 14.3 Å². The van der Waals surface area contributed by atoms with Crippen LogP contribution in [0.2, 0.25) is 0 Å². The highest BCUT2D eigenvalue weighted by Crippen LogP contribution is 2.35. The van der Waals surface area contributed by atoms with Gasteiger partial charge in [-0.05, 0) is 42.2 Å². The summed E-state index contributed by atoms with van der Waals surface area (Å²) in [6.07, 6.45) is 2.79. The molecule has 0 radical (unpaired) electrons. The standard InChI is InChI=1S/C39H48N8O7/c1-21(2)31(44-38(51)52)37(50)47-18-16-30(48)33(47)35-41-20-28(43-35)26-14-10-24(11-15-26)23-8-12-25(13-9-23)27-19-40-34(42-27)29-7-6-17-46(29)36(49)32(22(3)4)45-39(53)54-5/h8-15,19-22,29-33,44,48H,6-7,16-18H2,1-5H3,(H,40,42)(H,41,43)(H,45,53)(H,51,52)/t29-,30-,31-,32-,33-/m0/s1. The van der Waals surface area contributed by atoms with Crippen LogP contribution in [0, 0.1) is 11.8 Å². The zero-order valence-corrected chi connectivity index (χ0v) is 31.1. The molecule has 0 bridgehead atoms. The van der Waals surface area contributed by atoms with Gasteiger partial charge in [-0.1, -0.05) is 76.2 Å². The Balaban J connectivity index is 1.12. The molecule has 2 aromatic heterocycles. The zero-order chi connectivity index (χ0) is 38.7. The van der Waals surface area contributed by atoms with E-state index in [2.05, 4.69) is 20.6 Å². The molecule has 286 valence electrons. The maximum absolute atomic E-state index is 13.5. The topological polar surface area (TPSA) is 206 Å². The minimum Gasteiger partial charge on any atom is -0.465 e. The molecular formula is C39H48N8O7. The van der Waals surface area contributed by atoms with Crippen molar-refractivity contribution in [3.05, 3.63) is 72.6 Å². The molecule has 4 amide bonds. The molecule has 0 saturated carbocycles. The lowest BCUT2D eigenvalue weighted by atomic mass is 10.0. The fraction of sp³-hybridized carbons (Fsp3) is 0.436. The number of rotatable bonds is 11. The Bertz CT molecular complexity index is 1960. The first-order chi connectivity index (χ1) is 25.9. The lowest BCUT2D eigenvalue weighted by Crippen LogP contribution is -2.51. The molecule has 2 fully saturated rings. The monoisotopic (exact) mass is 740 g/mol. The van der Waals surface area contributed by atoms with Crippen LogP contribution in [0.1, 0.15) is 70.7 Å². The second-order valence-electron chi connectivity index (χ2n) is 14.5. The number of imidazole rings is 2. The third kappa shape index (κ3) is 7.95. The Morgan fingerprint density at radius 1 is 0.741 bits per heavy atom. The maximum Gasteiger partial charge on any atom is 0.407 e. The van der Waals surface area contributed by atoms with Gasteiger partial charge in [0.2, 0.25) is 11.8 Å². The largest absolute Gasteiger partial charge is 0.465 e. The van der Waals surface area contributed by atoms with Crippen molar-refractivity contribution in [2.24, 2.45) is 11.8 Å². The molecule has 2 aromatic carbocycles. The van der Waals surface area contributed by atoms with E-state index in [4.69, 9.17) is 14.7 Å². The van der Waals surface area contributed by atoms with Crippen LogP contribution < -0.4 is 10.6 Å². The normalized spacial score (nSPS) is 19.6. The molecule has 54 heavy (non-hydrogen) atoms. The van der Waals surface area contributed by atoms with Gasteiger partial charge in [0.25, 0.3) is 0 Å². The summed E-state index contributed by atoms with van der Waals surface area (Å²) >= 11 is 0. The number of methoxy groups -OCH3 is 1. The summed E-state index contributed by atoms with van der Waals surface area (Å²) in [7, 11) is 1.28. The van der Waals surface area contributed by atoms with Crippen molar-refractivity contribution in [1.82, 2.24) is 40.4 Å². The Kier molecular flexibility index (Phi) is 11.4. The maximum atomic E-state index is 13.5. The predicted octanol–water partition coefficient (Wildman–Crippen LogP) is 5.10. The number of carbonyl (C=O) groups is 4. The van der Waals surface area contributed by atoms with Gasteiger partial charge in [0.15, 0.2) is 0 Å². The number of aromatic amines is 2. The fourth-order valence-electron chi connectivity index (χ4n) is 7.33. The smallest absolute Gasteiger partial charge is 0.407 e. The number of aliphatic hydroxyl groups excluding tert-OH is 1. The van der Waals surface area contributed by atoms with Gasteiger partial charge in [-0.15, -0.1) is 0 Å². The molecule has 0 spiro atoms. The van der Waals surface area contributed by atoms with Gasteiger partial charge in [-0.3, -0.25) is 9.59 Å². The summed E-state index contributed by atoms with van der Waals surface area (Å²) in [4.78, 5) is 69.5. The van der Waals surface area contributed by atoms with Crippen molar-refractivity contribution in [3.8, 4) is 33.6 Å². The molecule has 15 heteroatoms. The summed E-state index contributed by atoms with van der Waals surface area (Å²) < 4.78 is 4.74. The first-order valence-electron chi connectivity index (χ1n) is 18.3. The number of aliphatic hydroxyl groups is 1. The van der Waals surface area contributed by atoms with Crippen LogP contribution in [0.5, 0.6) is 0 Å². The summed E-state index contributed by atoms with van der Waals surface area (Å²) in [5, 5.41) is 25.1. The Morgan fingerprint density at radius 3 is 1.78 bits per heavy atom. The summed E-state index contributed by atoms with van der Waals surface area (Å²) in [5.74, 6) is 0.195. The highest BCUT2D eigenvalue weighted by Gasteiger charge is 2.42. The van der Waals surface area contributed by atoms with Gasteiger partial charge in [-0.25, -0.2) is 19.6 Å². The number of hydrogen-bond acceptors (Lipinski definition) is 8. The molecule has 6 rings (SSSR count). The number of carboxylic acid groups (broad SMARTS) is 1. The number of nitrogens with zero attached hydrogens (tertiary/aromatic N) is 4. The van der Waals surface area contributed by atoms with Crippen molar-refractivity contribution in [3.63, 3.8) is 0 Å². The van der Waals surface area contributed by atoms with E-state index in [9.17, 15) is 29.4 Å². The lowest BCUT2D eigenvalue weighted by Gasteiger charge is -2.30. The number of amides is 4. The molecule has 0 unspecified atom stereocenters. The molecule has 15 nitrogen and oxygen atoms in total. The number of benzene rings is 2. The van der Waals surface area contributed by atoms with Gasteiger partial charge < -0.3 is 45.4 Å². The SMILES string of the molecule is COC(=O)N[C@H](C(=O)N1CCC[C@H]1c1nc(-c2ccc(-c3ccc(-c4c[nH]c([C@@H]5[C@@H](O)CCN5C(=O)[C@@H](NC(=O)O)C(C)C)n4)cc3)cc2)c[nH]1)C(C)C. The first-order valence-corrected chi connectivity index (χ1v) is 18.3. The van der Waals surface area contributed by atoms with Crippen molar-refractivity contribution in [2.45, 2.75) is 77.2 Å². The third-order valence-electron chi connectivity index (χ3n) is 10.3. The average Bonchev–Trinajstić information content (AvgIpc) is 3.99. The van der Waals surface area contributed by atoms with Crippen LogP contribution >= 0.6 is 0 Å². The minimum absolute atomic E-state index is 0.116. The minimum atomic E-state index is -1.28. The van der Waals surface area contributed by atoms with E-state index in [-0.39, 0.29) is 30.3 Å². The summed E-state index contributed by atoms with van der Waals surface area (Å²) in [5.41, 5.74) is 5.19. The Hall–Kier alpha value is -5.70. The van der Waals surface area contributed by atoms with Crippen LogP contribution in [-0.4, -0.2) is 102 Å². The molecule has 6 N–H and O–H groups in total. The molecule has 5 atom stereocenters. The molecule has 4 heterocycles. The van der Waals surface area contributed by atoms with E-state index >= 15 is 0 Å². The van der Waals surface area contributed by atoms with E-state index < -0.39 is 42.3 Å². The number of ether oxygens (including phenoxy) is 1. The van der Waals surface area contributed by atoms with Crippen molar-refractivity contribution in [2.75, 3.05) is 20.2 Å². The van der Waals surface area contributed by atoms with E-state index in [1.165, 1.54) is 12.0 Å². The van der Waals surface area contributed by atoms with Crippen LogP contribution in [0.4, 0.5) is 9.59 Å². The lowest BCUT2D eigenvalue weighted by molar-refractivity contribution is -0.136. The number of likely N-dealkylation sites (tertiary alicyclic amines) is 2. The second-order valence-corrected chi connectivity index (χ2v) is 14.5. The van der Waals surface area contributed by atoms with Gasteiger partial charge >= 0.3 is 12.2 Å². The molecule has 2 aliphatic heterocycles. The molecule has 0 aliphatic carbocycles. The summed E-state index contributed by atoms with van der Waals surface area (Å²) in [6, 6.07) is 13.4.